The molecule has 14 heteroatoms. The third-order valence-corrected chi connectivity index (χ3v) is 7.67. The lowest BCUT2D eigenvalue weighted by atomic mass is 10.1. The molecule has 7 rings (SSSR count). The first-order valence-corrected chi connectivity index (χ1v) is 14.1. The van der Waals surface area contributed by atoms with Gasteiger partial charge in [0.1, 0.15) is 29.1 Å². The van der Waals surface area contributed by atoms with Crippen molar-refractivity contribution in [2.45, 2.75) is 51.4 Å². The molecule has 0 amide bonds. The third kappa shape index (κ3) is 4.95. The van der Waals surface area contributed by atoms with E-state index in [1.807, 2.05) is 36.6 Å². The number of imidazole rings is 1. The maximum absolute atomic E-state index is 13.4. The molecule has 5 aromatic heterocycles. The normalized spacial score (nSPS) is 13.7. The van der Waals surface area contributed by atoms with E-state index < -0.39 is 11.9 Å². The van der Waals surface area contributed by atoms with E-state index >= 15 is 0 Å². The predicted molar refractivity (Wildman–Crippen MR) is 155 cm³/mol. The van der Waals surface area contributed by atoms with E-state index in [4.69, 9.17) is 9.72 Å². The van der Waals surface area contributed by atoms with E-state index in [1.54, 1.807) is 31.6 Å². The first kappa shape index (κ1) is 27.7. The number of fused-ring (bicyclic) bond motifs is 1. The number of hydrogen-bond acceptors (Lipinski definition) is 8. The SMILES string of the molecule is COc1ncnc(C2CC2)c1-c1ncc2cc(-c3cn[nH]n3)n(Cc3ccc(-c4nc(C(F)(F)F)cn4C(C)C)cc3)c2n1. The van der Waals surface area contributed by atoms with Gasteiger partial charge in [-0.3, -0.25) is 0 Å². The van der Waals surface area contributed by atoms with Crippen LogP contribution >= 0.6 is 0 Å². The summed E-state index contributed by atoms with van der Waals surface area (Å²) < 4.78 is 49.5. The fraction of sp³-hybridized carbons (Fsp3) is 0.300. The fourth-order valence-corrected chi connectivity index (χ4v) is 5.35. The van der Waals surface area contributed by atoms with Crippen molar-refractivity contribution >= 4 is 11.0 Å². The molecule has 224 valence electrons. The van der Waals surface area contributed by atoms with Gasteiger partial charge in [-0.05, 0) is 38.3 Å². The van der Waals surface area contributed by atoms with E-state index in [1.165, 1.54) is 10.9 Å². The van der Waals surface area contributed by atoms with Crippen molar-refractivity contribution in [2.24, 2.45) is 0 Å². The molecule has 0 spiro atoms. The van der Waals surface area contributed by atoms with Crippen LogP contribution in [0.4, 0.5) is 13.2 Å². The molecule has 1 aromatic carbocycles. The topological polar surface area (TPSA) is 125 Å². The molecule has 0 aliphatic heterocycles. The lowest BCUT2D eigenvalue weighted by Crippen LogP contribution is -2.06. The van der Waals surface area contributed by atoms with Gasteiger partial charge in [0.05, 0.1) is 24.7 Å². The Hall–Kier alpha value is -5.14. The second kappa shape index (κ2) is 10.5. The van der Waals surface area contributed by atoms with Gasteiger partial charge in [0, 0.05) is 41.8 Å². The number of nitrogens with zero attached hydrogens (tertiary/aromatic N) is 9. The summed E-state index contributed by atoms with van der Waals surface area (Å²) in [6, 6.07) is 9.07. The summed E-state index contributed by atoms with van der Waals surface area (Å²) >= 11 is 0. The largest absolute Gasteiger partial charge is 0.480 e. The zero-order valence-electron chi connectivity index (χ0n) is 24.0. The highest BCUT2D eigenvalue weighted by Crippen LogP contribution is 2.45. The number of ether oxygens (including phenoxy) is 1. The number of nitrogens with one attached hydrogen (secondary N) is 1. The maximum Gasteiger partial charge on any atom is 0.434 e. The number of alkyl halides is 3. The lowest BCUT2D eigenvalue weighted by Gasteiger charge is -2.13. The van der Waals surface area contributed by atoms with Crippen LogP contribution in [0, 0.1) is 0 Å². The van der Waals surface area contributed by atoms with Crippen LogP contribution in [0.2, 0.25) is 0 Å². The Morgan fingerprint density at radius 3 is 2.50 bits per heavy atom. The molecule has 0 radical (unpaired) electrons. The van der Waals surface area contributed by atoms with Crippen molar-refractivity contribution < 1.29 is 17.9 Å². The molecule has 1 aliphatic rings. The van der Waals surface area contributed by atoms with Crippen LogP contribution in [0.5, 0.6) is 5.88 Å². The van der Waals surface area contributed by atoms with Crippen molar-refractivity contribution in [3.05, 3.63) is 72.2 Å². The van der Waals surface area contributed by atoms with Crippen LogP contribution < -0.4 is 4.74 Å². The number of aromatic nitrogens is 10. The Kier molecular flexibility index (Phi) is 6.63. The van der Waals surface area contributed by atoms with Crippen LogP contribution in [0.1, 0.15) is 55.6 Å². The van der Waals surface area contributed by atoms with Crippen LogP contribution in [0.15, 0.2) is 55.2 Å². The molecule has 0 unspecified atom stereocenters. The summed E-state index contributed by atoms with van der Waals surface area (Å²) in [7, 11) is 1.56. The molecule has 0 bridgehead atoms. The molecule has 0 atom stereocenters. The number of H-pyrrole nitrogens is 1. The minimum Gasteiger partial charge on any atom is -0.480 e. The second-order valence-corrected chi connectivity index (χ2v) is 11.0. The second-order valence-electron chi connectivity index (χ2n) is 11.0. The monoisotopic (exact) mass is 600 g/mol. The lowest BCUT2D eigenvalue weighted by molar-refractivity contribution is -0.140. The van der Waals surface area contributed by atoms with E-state index in [9.17, 15) is 13.2 Å². The molecular weight excluding hydrogens is 573 g/mol. The van der Waals surface area contributed by atoms with Crippen molar-refractivity contribution in [3.8, 4) is 40.0 Å². The first-order chi connectivity index (χ1) is 21.2. The Balaban J connectivity index is 1.30. The van der Waals surface area contributed by atoms with Gasteiger partial charge in [0.15, 0.2) is 11.5 Å². The van der Waals surface area contributed by atoms with Gasteiger partial charge >= 0.3 is 6.18 Å². The third-order valence-electron chi connectivity index (χ3n) is 7.67. The zero-order valence-corrected chi connectivity index (χ0v) is 24.0. The van der Waals surface area contributed by atoms with Gasteiger partial charge in [-0.15, -0.1) is 0 Å². The Morgan fingerprint density at radius 1 is 1.05 bits per heavy atom. The molecule has 1 saturated carbocycles. The van der Waals surface area contributed by atoms with E-state index in [0.29, 0.717) is 46.6 Å². The number of aromatic amines is 1. The van der Waals surface area contributed by atoms with Gasteiger partial charge in [-0.25, -0.2) is 24.9 Å². The van der Waals surface area contributed by atoms with E-state index in [-0.39, 0.29) is 11.9 Å². The average Bonchev–Trinajstić information content (AvgIpc) is 3.38. The Labute approximate surface area is 249 Å². The quantitative estimate of drug-likeness (QED) is 0.223. The van der Waals surface area contributed by atoms with Gasteiger partial charge in [0.25, 0.3) is 0 Å². The summed E-state index contributed by atoms with van der Waals surface area (Å²) in [5, 5.41) is 11.7. The first-order valence-electron chi connectivity index (χ1n) is 14.1. The minimum atomic E-state index is -4.53. The van der Waals surface area contributed by atoms with Gasteiger partial charge in [-0.2, -0.15) is 28.6 Å². The highest BCUT2D eigenvalue weighted by atomic mass is 19.4. The number of rotatable bonds is 8. The van der Waals surface area contributed by atoms with Gasteiger partial charge < -0.3 is 13.9 Å². The number of halogens is 3. The van der Waals surface area contributed by atoms with E-state index in [2.05, 4.69) is 35.3 Å². The predicted octanol–water partition coefficient (Wildman–Crippen LogP) is 6.07. The smallest absolute Gasteiger partial charge is 0.434 e. The van der Waals surface area contributed by atoms with Crippen LogP contribution in [0.25, 0.3) is 45.2 Å². The van der Waals surface area contributed by atoms with E-state index in [0.717, 1.165) is 41.4 Å². The van der Waals surface area contributed by atoms with Crippen molar-refractivity contribution in [1.29, 1.82) is 0 Å². The summed E-state index contributed by atoms with van der Waals surface area (Å²) in [6.45, 7) is 4.04. The number of methoxy groups -OCH3 is 1. The molecule has 0 saturated heterocycles. The summed E-state index contributed by atoms with van der Waals surface area (Å²) in [5.41, 5.74) is 4.17. The van der Waals surface area contributed by atoms with Crippen molar-refractivity contribution in [1.82, 2.24) is 49.5 Å². The molecule has 1 N–H and O–H groups in total. The summed E-state index contributed by atoms with van der Waals surface area (Å²) in [6.07, 6.45) is 3.49. The highest BCUT2D eigenvalue weighted by molar-refractivity contribution is 5.84. The van der Waals surface area contributed by atoms with Crippen LogP contribution in [-0.4, -0.2) is 56.6 Å². The summed E-state index contributed by atoms with van der Waals surface area (Å²) in [4.78, 5) is 22.4. The van der Waals surface area contributed by atoms with Gasteiger partial charge in [0.2, 0.25) is 5.88 Å². The molecule has 11 nitrogen and oxygen atoms in total. The number of hydrogen-bond donors (Lipinski definition) is 1. The summed E-state index contributed by atoms with van der Waals surface area (Å²) in [5.74, 6) is 1.45. The standard InChI is InChI=1S/C30H27F3N10O/c1-16(2)42-14-23(30(31,32)33)38-27(42)19-6-4-17(5-7-19)13-43-22(21-12-37-41-40-21)10-20-11-34-26(39-28(20)43)24-25(18-8-9-18)35-15-36-29(24)44-3/h4-7,10-12,14-16,18H,8-9,13H2,1-3H3,(H,37,40,41). The highest BCUT2D eigenvalue weighted by Gasteiger charge is 2.35. The molecule has 6 aromatic rings. The number of benzene rings is 1. The molecular formula is C30H27F3N10O. The Bertz CT molecular complexity index is 1960. The Morgan fingerprint density at radius 2 is 1.84 bits per heavy atom. The maximum atomic E-state index is 13.4. The fourth-order valence-electron chi connectivity index (χ4n) is 5.35. The van der Waals surface area contributed by atoms with Gasteiger partial charge in [-0.1, -0.05) is 24.3 Å². The minimum absolute atomic E-state index is 0.201. The van der Waals surface area contributed by atoms with Crippen LogP contribution in [-0.2, 0) is 12.7 Å². The molecule has 1 fully saturated rings. The molecule has 44 heavy (non-hydrogen) atoms. The average molecular weight is 601 g/mol. The molecule has 5 heterocycles. The van der Waals surface area contributed by atoms with Crippen molar-refractivity contribution in [2.75, 3.05) is 7.11 Å². The van der Waals surface area contributed by atoms with Crippen molar-refractivity contribution in [3.63, 3.8) is 0 Å². The molecule has 1 aliphatic carbocycles. The zero-order chi connectivity index (χ0) is 30.6. The van der Waals surface area contributed by atoms with Crippen LogP contribution in [0.3, 0.4) is 0 Å².